The van der Waals surface area contributed by atoms with E-state index in [1.807, 2.05) is 7.05 Å². The number of benzene rings is 1. The highest BCUT2D eigenvalue weighted by atomic mass is 16.5. The molecule has 3 atom stereocenters. The molecule has 112 valence electrons. The Morgan fingerprint density at radius 3 is 2.75 bits per heavy atom. The Hall–Kier alpha value is -0.900. The van der Waals surface area contributed by atoms with Crippen LogP contribution < -0.4 is 5.32 Å². The van der Waals surface area contributed by atoms with Gasteiger partial charge < -0.3 is 14.8 Å². The molecule has 1 aliphatic rings. The van der Waals surface area contributed by atoms with Crippen LogP contribution in [-0.4, -0.2) is 32.9 Å². The molecule has 0 spiro atoms. The standard InChI is InChI=1S/C17H27NO2/c1-12(2)17(19-4)15(18-3)11-16-14-8-6-5-7-13(14)9-10-20-16/h5-8,12,15-18H,9-11H2,1-4H3. The number of ether oxygens (including phenoxy) is 2. The zero-order valence-corrected chi connectivity index (χ0v) is 13.1. The number of methoxy groups -OCH3 is 1. The number of likely N-dealkylation sites (N-methyl/N-ethyl adjacent to an activating group) is 1. The maximum Gasteiger partial charge on any atom is 0.0843 e. The summed E-state index contributed by atoms with van der Waals surface area (Å²) >= 11 is 0. The molecule has 0 radical (unpaired) electrons. The van der Waals surface area contributed by atoms with Gasteiger partial charge in [0.1, 0.15) is 0 Å². The van der Waals surface area contributed by atoms with Crippen LogP contribution in [0.25, 0.3) is 0 Å². The second kappa shape index (κ2) is 7.21. The summed E-state index contributed by atoms with van der Waals surface area (Å²) in [7, 11) is 3.80. The highest BCUT2D eigenvalue weighted by Crippen LogP contribution is 2.31. The average molecular weight is 277 g/mol. The van der Waals surface area contributed by atoms with Gasteiger partial charge in [-0.25, -0.2) is 0 Å². The first kappa shape index (κ1) is 15.5. The van der Waals surface area contributed by atoms with Gasteiger partial charge in [0.05, 0.1) is 18.8 Å². The van der Waals surface area contributed by atoms with Crippen molar-refractivity contribution in [1.29, 1.82) is 0 Å². The number of hydrogen-bond donors (Lipinski definition) is 1. The molecule has 0 saturated heterocycles. The lowest BCUT2D eigenvalue weighted by molar-refractivity contribution is -0.0105. The van der Waals surface area contributed by atoms with E-state index in [1.165, 1.54) is 11.1 Å². The lowest BCUT2D eigenvalue weighted by Gasteiger charge is -2.34. The minimum absolute atomic E-state index is 0.175. The molecule has 0 fully saturated rings. The van der Waals surface area contributed by atoms with Crippen LogP contribution in [0.5, 0.6) is 0 Å². The Kier molecular flexibility index (Phi) is 5.58. The molecule has 1 heterocycles. The smallest absolute Gasteiger partial charge is 0.0843 e. The normalized spacial score (nSPS) is 21.6. The highest BCUT2D eigenvalue weighted by molar-refractivity contribution is 5.31. The minimum atomic E-state index is 0.175. The van der Waals surface area contributed by atoms with Crippen LogP contribution in [0.3, 0.4) is 0 Å². The largest absolute Gasteiger partial charge is 0.380 e. The van der Waals surface area contributed by atoms with E-state index in [0.29, 0.717) is 12.0 Å². The minimum Gasteiger partial charge on any atom is -0.380 e. The summed E-state index contributed by atoms with van der Waals surface area (Å²) in [6, 6.07) is 8.93. The van der Waals surface area contributed by atoms with Crippen LogP contribution in [0.2, 0.25) is 0 Å². The molecule has 1 aromatic carbocycles. The van der Waals surface area contributed by atoms with Crippen molar-refractivity contribution in [2.45, 2.75) is 44.9 Å². The summed E-state index contributed by atoms with van der Waals surface area (Å²) in [5, 5.41) is 3.41. The van der Waals surface area contributed by atoms with E-state index in [1.54, 1.807) is 7.11 Å². The van der Waals surface area contributed by atoms with E-state index in [4.69, 9.17) is 9.47 Å². The summed E-state index contributed by atoms with van der Waals surface area (Å²) in [5.74, 6) is 0.483. The Bertz CT molecular complexity index is 419. The first-order valence-electron chi connectivity index (χ1n) is 7.56. The number of hydrogen-bond acceptors (Lipinski definition) is 3. The summed E-state index contributed by atoms with van der Waals surface area (Å²) < 4.78 is 11.7. The molecular formula is C17H27NO2. The van der Waals surface area contributed by atoms with E-state index in [0.717, 1.165) is 19.4 Å². The van der Waals surface area contributed by atoms with Crippen molar-refractivity contribution in [3.8, 4) is 0 Å². The van der Waals surface area contributed by atoms with Gasteiger partial charge in [-0.05, 0) is 36.9 Å². The van der Waals surface area contributed by atoms with Gasteiger partial charge in [0.25, 0.3) is 0 Å². The molecule has 1 aliphatic heterocycles. The van der Waals surface area contributed by atoms with Crippen molar-refractivity contribution < 1.29 is 9.47 Å². The number of rotatable bonds is 6. The van der Waals surface area contributed by atoms with Gasteiger partial charge in [-0.15, -0.1) is 0 Å². The van der Waals surface area contributed by atoms with Gasteiger partial charge in [0.15, 0.2) is 0 Å². The van der Waals surface area contributed by atoms with Crippen LogP contribution in [0.1, 0.15) is 37.5 Å². The first-order valence-corrected chi connectivity index (χ1v) is 7.56. The van der Waals surface area contributed by atoms with Gasteiger partial charge >= 0.3 is 0 Å². The van der Waals surface area contributed by atoms with E-state index in [2.05, 4.69) is 43.4 Å². The van der Waals surface area contributed by atoms with Crippen molar-refractivity contribution >= 4 is 0 Å². The predicted octanol–water partition coefficient (Wildman–Crippen LogP) is 2.95. The molecule has 2 rings (SSSR count). The predicted molar refractivity (Wildman–Crippen MR) is 81.9 cm³/mol. The topological polar surface area (TPSA) is 30.5 Å². The van der Waals surface area contributed by atoms with Crippen LogP contribution in [0, 0.1) is 5.92 Å². The van der Waals surface area contributed by atoms with Crippen molar-refractivity contribution in [3.05, 3.63) is 35.4 Å². The molecule has 20 heavy (non-hydrogen) atoms. The third kappa shape index (κ3) is 3.40. The zero-order valence-electron chi connectivity index (χ0n) is 13.1. The number of nitrogens with one attached hydrogen (secondary N) is 1. The third-order valence-corrected chi connectivity index (χ3v) is 4.26. The SMILES string of the molecule is CNC(CC1OCCc2ccccc21)C(OC)C(C)C. The molecule has 0 saturated carbocycles. The molecule has 1 aromatic rings. The van der Waals surface area contributed by atoms with Crippen molar-refractivity contribution in [1.82, 2.24) is 5.32 Å². The second-order valence-corrected chi connectivity index (χ2v) is 5.88. The van der Waals surface area contributed by atoms with Gasteiger partial charge in [0, 0.05) is 13.2 Å². The van der Waals surface area contributed by atoms with E-state index < -0.39 is 0 Å². The van der Waals surface area contributed by atoms with Crippen molar-refractivity contribution in [2.75, 3.05) is 20.8 Å². The monoisotopic (exact) mass is 277 g/mol. The quantitative estimate of drug-likeness (QED) is 0.867. The third-order valence-electron chi connectivity index (χ3n) is 4.26. The van der Waals surface area contributed by atoms with E-state index >= 15 is 0 Å². The Balaban J connectivity index is 2.12. The van der Waals surface area contributed by atoms with Gasteiger partial charge in [-0.3, -0.25) is 0 Å². The molecule has 0 aliphatic carbocycles. The molecule has 0 aromatic heterocycles. The molecule has 1 N–H and O–H groups in total. The van der Waals surface area contributed by atoms with Crippen LogP contribution in [-0.2, 0) is 15.9 Å². The van der Waals surface area contributed by atoms with Gasteiger partial charge in [-0.1, -0.05) is 38.1 Å². The Morgan fingerprint density at radius 1 is 1.35 bits per heavy atom. The summed E-state index contributed by atoms with van der Waals surface area (Å²) in [6.45, 7) is 5.22. The molecule has 3 nitrogen and oxygen atoms in total. The fourth-order valence-electron chi connectivity index (χ4n) is 3.22. The fraction of sp³-hybridized carbons (Fsp3) is 0.647. The van der Waals surface area contributed by atoms with Crippen molar-refractivity contribution in [3.63, 3.8) is 0 Å². The summed E-state index contributed by atoms with van der Waals surface area (Å²) in [4.78, 5) is 0. The fourth-order valence-corrected chi connectivity index (χ4v) is 3.22. The van der Waals surface area contributed by atoms with Crippen LogP contribution in [0.4, 0.5) is 0 Å². The lowest BCUT2D eigenvalue weighted by Crippen LogP contribution is -2.43. The van der Waals surface area contributed by atoms with E-state index in [-0.39, 0.29) is 12.2 Å². The molecule has 0 bridgehead atoms. The molecule has 3 unspecified atom stereocenters. The maximum atomic E-state index is 6.02. The number of fused-ring (bicyclic) bond motifs is 1. The zero-order chi connectivity index (χ0) is 14.5. The van der Waals surface area contributed by atoms with Gasteiger partial charge in [0.2, 0.25) is 0 Å². The van der Waals surface area contributed by atoms with E-state index in [9.17, 15) is 0 Å². The average Bonchev–Trinajstić information content (AvgIpc) is 2.46. The lowest BCUT2D eigenvalue weighted by atomic mass is 9.89. The summed E-state index contributed by atoms with van der Waals surface area (Å²) in [5.41, 5.74) is 2.77. The molecular weight excluding hydrogens is 250 g/mol. The maximum absolute atomic E-state index is 6.02. The van der Waals surface area contributed by atoms with Crippen LogP contribution in [0.15, 0.2) is 24.3 Å². The highest BCUT2D eigenvalue weighted by Gasteiger charge is 2.29. The first-order chi connectivity index (χ1) is 9.67. The molecule has 0 amide bonds. The van der Waals surface area contributed by atoms with Crippen LogP contribution >= 0.6 is 0 Å². The van der Waals surface area contributed by atoms with Gasteiger partial charge in [-0.2, -0.15) is 0 Å². The second-order valence-electron chi connectivity index (χ2n) is 5.88. The summed E-state index contributed by atoms with van der Waals surface area (Å²) in [6.07, 6.45) is 2.35. The van der Waals surface area contributed by atoms with Crippen molar-refractivity contribution in [2.24, 2.45) is 5.92 Å². The Labute approximate surface area is 122 Å². The molecule has 3 heteroatoms. The Morgan fingerprint density at radius 2 is 2.10 bits per heavy atom.